The van der Waals surface area contributed by atoms with E-state index in [1.807, 2.05) is 12.1 Å². The second kappa shape index (κ2) is 7.49. The first-order valence-electron chi connectivity index (χ1n) is 6.07. The third-order valence-electron chi connectivity index (χ3n) is 2.93. The van der Waals surface area contributed by atoms with E-state index in [1.54, 1.807) is 0 Å². The van der Waals surface area contributed by atoms with E-state index in [0.717, 1.165) is 18.2 Å². The highest BCUT2D eigenvalue weighted by molar-refractivity contribution is 9.09. The van der Waals surface area contributed by atoms with Gasteiger partial charge in [0.1, 0.15) is 0 Å². The molecule has 0 saturated carbocycles. The normalized spacial score (nSPS) is 12.2. The number of hydrogen-bond donors (Lipinski definition) is 1. The first kappa shape index (κ1) is 14.2. The van der Waals surface area contributed by atoms with E-state index in [-0.39, 0.29) is 11.9 Å². The van der Waals surface area contributed by atoms with Gasteiger partial charge in [-0.3, -0.25) is 4.79 Å². The van der Waals surface area contributed by atoms with Crippen LogP contribution in [0.1, 0.15) is 30.9 Å². The molecule has 0 saturated heterocycles. The van der Waals surface area contributed by atoms with Crippen LogP contribution in [0.5, 0.6) is 0 Å². The number of benzene rings is 1. The Bertz CT molecular complexity index is 361. The van der Waals surface area contributed by atoms with E-state index in [9.17, 15) is 4.79 Å². The fourth-order valence-corrected chi connectivity index (χ4v) is 2.31. The van der Waals surface area contributed by atoms with E-state index < -0.39 is 0 Å². The van der Waals surface area contributed by atoms with Crippen molar-refractivity contribution in [3.8, 4) is 0 Å². The topological polar surface area (TPSA) is 29.1 Å². The molecule has 17 heavy (non-hydrogen) atoms. The van der Waals surface area contributed by atoms with E-state index in [4.69, 9.17) is 0 Å². The highest BCUT2D eigenvalue weighted by atomic mass is 79.9. The van der Waals surface area contributed by atoms with Gasteiger partial charge in [-0.15, -0.1) is 0 Å². The van der Waals surface area contributed by atoms with Crippen LogP contribution < -0.4 is 5.32 Å². The average Bonchev–Trinajstić information content (AvgIpc) is 2.35. The molecule has 0 bridgehead atoms. The van der Waals surface area contributed by atoms with E-state index in [2.05, 4.69) is 47.2 Å². The molecular weight excluding hydrogens is 278 g/mol. The van der Waals surface area contributed by atoms with Gasteiger partial charge in [-0.05, 0) is 30.9 Å². The van der Waals surface area contributed by atoms with Crippen molar-refractivity contribution in [2.75, 3.05) is 5.33 Å². The SMILES string of the molecule is CCC(CBr)NC(=O)CCc1ccccc1C. The molecule has 1 rings (SSSR count). The Hall–Kier alpha value is -0.830. The molecular formula is C14H20BrNO. The summed E-state index contributed by atoms with van der Waals surface area (Å²) in [6, 6.07) is 8.47. The number of halogens is 1. The summed E-state index contributed by atoms with van der Waals surface area (Å²) in [5.41, 5.74) is 2.52. The third kappa shape index (κ3) is 4.90. The first-order valence-corrected chi connectivity index (χ1v) is 7.19. The van der Waals surface area contributed by atoms with Crippen molar-refractivity contribution in [3.63, 3.8) is 0 Å². The van der Waals surface area contributed by atoms with Crippen molar-refractivity contribution in [3.05, 3.63) is 35.4 Å². The molecule has 1 atom stereocenters. The Kier molecular flexibility index (Phi) is 6.27. The number of alkyl halides is 1. The fourth-order valence-electron chi connectivity index (χ4n) is 1.69. The van der Waals surface area contributed by atoms with Gasteiger partial charge < -0.3 is 5.32 Å². The minimum Gasteiger partial charge on any atom is -0.353 e. The van der Waals surface area contributed by atoms with Crippen molar-refractivity contribution >= 4 is 21.8 Å². The Morgan fingerprint density at radius 2 is 2.12 bits per heavy atom. The highest BCUT2D eigenvalue weighted by Crippen LogP contribution is 2.09. The molecule has 0 heterocycles. The molecule has 0 aliphatic rings. The molecule has 94 valence electrons. The molecule has 0 fully saturated rings. The third-order valence-corrected chi connectivity index (χ3v) is 3.71. The Balaban J connectivity index is 2.41. The monoisotopic (exact) mass is 297 g/mol. The van der Waals surface area contributed by atoms with Crippen LogP contribution in [-0.2, 0) is 11.2 Å². The van der Waals surface area contributed by atoms with Crippen LogP contribution in [0.2, 0.25) is 0 Å². The minimum absolute atomic E-state index is 0.138. The molecule has 1 unspecified atom stereocenters. The van der Waals surface area contributed by atoms with Gasteiger partial charge >= 0.3 is 0 Å². The number of rotatable bonds is 6. The van der Waals surface area contributed by atoms with E-state index >= 15 is 0 Å². The molecule has 0 spiro atoms. The summed E-state index contributed by atoms with van der Waals surface area (Å²) in [6.45, 7) is 4.16. The molecule has 0 aromatic heterocycles. The lowest BCUT2D eigenvalue weighted by molar-refractivity contribution is -0.121. The van der Waals surface area contributed by atoms with Crippen LogP contribution in [0.15, 0.2) is 24.3 Å². The summed E-state index contributed by atoms with van der Waals surface area (Å²) in [6.07, 6.45) is 2.34. The maximum absolute atomic E-state index is 11.7. The van der Waals surface area contributed by atoms with Gasteiger partial charge in [0.2, 0.25) is 5.91 Å². The Labute approximate surface area is 112 Å². The molecule has 3 heteroatoms. The lowest BCUT2D eigenvalue weighted by Crippen LogP contribution is -2.35. The minimum atomic E-state index is 0.138. The van der Waals surface area contributed by atoms with Gasteiger partial charge in [0.25, 0.3) is 0 Å². The zero-order valence-electron chi connectivity index (χ0n) is 10.5. The van der Waals surface area contributed by atoms with Crippen molar-refractivity contribution < 1.29 is 4.79 Å². The molecule has 0 aliphatic heterocycles. The standard InChI is InChI=1S/C14H20BrNO/c1-3-13(10-15)16-14(17)9-8-12-7-5-4-6-11(12)2/h4-7,13H,3,8-10H2,1-2H3,(H,16,17). The summed E-state index contributed by atoms with van der Waals surface area (Å²) < 4.78 is 0. The van der Waals surface area contributed by atoms with Crippen molar-refractivity contribution in [2.24, 2.45) is 0 Å². The number of nitrogens with one attached hydrogen (secondary N) is 1. The van der Waals surface area contributed by atoms with Crippen molar-refractivity contribution in [1.82, 2.24) is 5.32 Å². The summed E-state index contributed by atoms with van der Waals surface area (Å²) in [5.74, 6) is 0.138. The van der Waals surface area contributed by atoms with Crippen LogP contribution in [-0.4, -0.2) is 17.3 Å². The first-order chi connectivity index (χ1) is 8.17. The number of carbonyl (C=O) groups excluding carboxylic acids is 1. The zero-order chi connectivity index (χ0) is 12.7. The maximum Gasteiger partial charge on any atom is 0.220 e. The maximum atomic E-state index is 11.7. The molecule has 1 aromatic carbocycles. The van der Waals surface area contributed by atoms with Crippen LogP contribution >= 0.6 is 15.9 Å². The van der Waals surface area contributed by atoms with Crippen molar-refractivity contribution in [1.29, 1.82) is 0 Å². The quantitative estimate of drug-likeness (QED) is 0.803. The van der Waals surface area contributed by atoms with Crippen LogP contribution in [0.4, 0.5) is 0 Å². The molecule has 0 aliphatic carbocycles. The van der Waals surface area contributed by atoms with Crippen LogP contribution in [0.3, 0.4) is 0 Å². The fraction of sp³-hybridized carbons (Fsp3) is 0.500. The molecule has 1 N–H and O–H groups in total. The number of amides is 1. The smallest absolute Gasteiger partial charge is 0.220 e. The van der Waals surface area contributed by atoms with Gasteiger partial charge in [-0.2, -0.15) is 0 Å². The van der Waals surface area contributed by atoms with Gasteiger partial charge in [-0.1, -0.05) is 47.1 Å². The van der Waals surface area contributed by atoms with Gasteiger partial charge in [-0.25, -0.2) is 0 Å². The molecule has 1 aromatic rings. The summed E-state index contributed by atoms with van der Waals surface area (Å²) in [5, 5.41) is 3.84. The van der Waals surface area contributed by atoms with Gasteiger partial charge in [0.05, 0.1) is 0 Å². The van der Waals surface area contributed by atoms with Gasteiger partial charge in [0, 0.05) is 17.8 Å². The molecule has 1 amide bonds. The lowest BCUT2D eigenvalue weighted by atomic mass is 10.0. The molecule has 2 nitrogen and oxygen atoms in total. The number of hydrogen-bond acceptors (Lipinski definition) is 1. The zero-order valence-corrected chi connectivity index (χ0v) is 12.1. The van der Waals surface area contributed by atoms with Gasteiger partial charge in [0.15, 0.2) is 0 Å². The van der Waals surface area contributed by atoms with Crippen LogP contribution in [0.25, 0.3) is 0 Å². The van der Waals surface area contributed by atoms with Crippen molar-refractivity contribution in [2.45, 2.75) is 39.2 Å². The molecule has 0 radical (unpaired) electrons. The average molecular weight is 298 g/mol. The van der Waals surface area contributed by atoms with E-state index in [0.29, 0.717) is 6.42 Å². The predicted molar refractivity (Wildman–Crippen MR) is 75.5 cm³/mol. The second-order valence-corrected chi connectivity index (χ2v) is 4.90. The lowest BCUT2D eigenvalue weighted by Gasteiger charge is -2.14. The van der Waals surface area contributed by atoms with Crippen LogP contribution in [0, 0.1) is 6.92 Å². The Morgan fingerprint density at radius 3 is 2.71 bits per heavy atom. The predicted octanol–water partition coefficient (Wildman–Crippen LogP) is 3.22. The second-order valence-electron chi connectivity index (χ2n) is 4.25. The summed E-state index contributed by atoms with van der Waals surface area (Å²) in [4.78, 5) is 11.7. The number of aryl methyl sites for hydroxylation is 2. The summed E-state index contributed by atoms with van der Waals surface area (Å²) in [7, 11) is 0. The highest BCUT2D eigenvalue weighted by Gasteiger charge is 2.09. The van der Waals surface area contributed by atoms with E-state index in [1.165, 1.54) is 11.1 Å². The number of carbonyl (C=O) groups is 1. The summed E-state index contributed by atoms with van der Waals surface area (Å²) >= 11 is 3.40. The largest absolute Gasteiger partial charge is 0.353 e. The Morgan fingerprint density at radius 1 is 1.41 bits per heavy atom.